The van der Waals surface area contributed by atoms with Crippen LogP contribution in [0.2, 0.25) is 0 Å². The van der Waals surface area contributed by atoms with Crippen molar-refractivity contribution >= 4 is 5.82 Å². The van der Waals surface area contributed by atoms with Gasteiger partial charge in [-0.1, -0.05) is 18.9 Å². The summed E-state index contributed by atoms with van der Waals surface area (Å²) in [6.45, 7) is 2.85. The Morgan fingerprint density at radius 2 is 2.18 bits per heavy atom. The molecular formula is C14H22N2O. The SMILES string of the molecule is C[C@H](O)c1cccnc1N(C)CC1CCCC1. The van der Waals surface area contributed by atoms with E-state index in [4.69, 9.17) is 0 Å². The largest absolute Gasteiger partial charge is 0.389 e. The van der Waals surface area contributed by atoms with E-state index in [1.54, 1.807) is 13.1 Å². The molecule has 1 N–H and O–H groups in total. The summed E-state index contributed by atoms with van der Waals surface area (Å²) in [5.41, 5.74) is 0.924. The molecule has 1 fully saturated rings. The third kappa shape index (κ3) is 2.97. The number of rotatable bonds is 4. The van der Waals surface area contributed by atoms with E-state index in [1.807, 2.05) is 12.1 Å². The van der Waals surface area contributed by atoms with Crippen LogP contribution in [0.15, 0.2) is 18.3 Å². The lowest BCUT2D eigenvalue weighted by atomic mass is 10.1. The van der Waals surface area contributed by atoms with E-state index >= 15 is 0 Å². The highest BCUT2D eigenvalue weighted by Crippen LogP contribution is 2.28. The topological polar surface area (TPSA) is 36.4 Å². The van der Waals surface area contributed by atoms with E-state index in [0.29, 0.717) is 0 Å². The minimum atomic E-state index is -0.454. The fraction of sp³-hybridized carbons (Fsp3) is 0.643. The second-order valence-electron chi connectivity index (χ2n) is 5.12. The molecule has 3 heteroatoms. The highest BCUT2D eigenvalue weighted by atomic mass is 16.3. The zero-order chi connectivity index (χ0) is 12.3. The third-order valence-corrected chi connectivity index (χ3v) is 3.64. The summed E-state index contributed by atoms with van der Waals surface area (Å²) in [5.74, 6) is 1.72. The summed E-state index contributed by atoms with van der Waals surface area (Å²) in [6, 6.07) is 3.84. The predicted octanol–water partition coefficient (Wildman–Crippen LogP) is 2.76. The highest BCUT2D eigenvalue weighted by Gasteiger charge is 2.19. The lowest BCUT2D eigenvalue weighted by Crippen LogP contribution is -2.26. The van der Waals surface area contributed by atoms with E-state index in [9.17, 15) is 5.11 Å². The first-order valence-electron chi connectivity index (χ1n) is 6.52. The second kappa shape index (κ2) is 5.50. The Hall–Kier alpha value is -1.09. The number of aromatic nitrogens is 1. The Kier molecular flexibility index (Phi) is 4.00. The summed E-state index contributed by atoms with van der Waals surface area (Å²) in [7, 11) is 2.08. The van der Waals surface area contributed by atoms with Crippen LogP contribution in [0.5, 0.6) is 0 Å². The standard InChI is InChI=1S/C14H22N2O/c1-11(17)13-8-5-9-15-14(13)16(2)10-12-6-3-4-7-12/h5,8-9,11-12,17H,3-4,6-7,10H2,1-2H3/t11-/m0/s1. The molecule has 0 saturated heterocycles. The van der Waals surface area contributed by atoms with E-state index in [0.717, 1.165) is 23.8 Å². The molecule has 1 aromatic rings. The molecule has 0 aromatic carbocycles. The van der Waals surface area contributed by atoms with Crippen molar-refractivity contribution in [3.8, 4) is 0 Å². The van der Waals surface area contributed by atoms with E-state index in [2.05, 4.69) is 16.9 Å². The van der Waals surface area contributed by atoms with Crippen LogP contribution in [0.25, 0.3) is 0 Å². The quantitative estimate of drug-likeness (QED) is 0.870. The number of anilines is 1. The molecule has 1 aliphatic rings. The van der Waals surface area contributed by atoms with E-state index < -0.39 is 6.10 Å². The molecule has 0 aliphatic heterocycles. The Bertz CT molecular complexity index is 359. The molecule has 1 saturated carbocycles. The maximum absolute atomic E-state index is 9.75. The average molecular weight is 234 g/mol. The van der Waals surface area contributed by atoms with Crippen molar-refractivity contribution in [2.45, 2.75) is 38.7 Å². The number of aliphatic hydroxyl groups is 1. The first kappa shape index (κ1) is 12.4. The number of hydrogen-bond donors (Lipinski definition) is 1. The van der Waals surface area contributed by atoms with Gasteiger partial charge < -0.3 is 10.0 Å². The van der Waals surface area contributed by atoms with Gasteiger partial charge >= 0.3 is 0 Å². The van der Waals surface area contributed by atoms with Crippen LogP contribution in [-0.2, 0) is 0 Å². The lowest BCUT2D eigenvalue weighted by Gasteiger charge is -2.25. The Morgan fingerprint density at radius 3 is 2.82 bits per heavy atom. The molecule has 0 spiro atoms. The number of hydrogen-bond acceptors (Lipinski definition) is 3. The molecule has 1 aliphatic carbocycles. The van der Waals surface area contributed by atoms with Crippen LogP contribution in [0.3, 0.4) is 0 Å². The third-order valence-electron chi connectivity index (χ3n) is 3.64. The van der Waals surface area contributed by atoms with Crippen LogP contribution in [-0.4, -0.2) is 23.7 Å². The smallest absolute Gasteiger partial charge is 0.134 e. The maximum Gasteiger partial charge on any atom is 0.134 e. The molecule has 0 radical (unpaired) electrons. The zero-order valence-electron chi connectivity index (χ0n) is 10.8. The molecule has 17 heavy (non-hydrogen) atoms. The van der Waals surface area contributed by atoms with Gasteiger partial charge in [-0.2, -0.15) is 0 Å². The Balaban J connectivity index is 2.09. The number of pyridine rings is 1. The van der Waals surface area contributed by atoms with Crippen molar-refractivity contribution in [3.63, 3.8) is 0 Å². The summed E-state index contributed by atoms with van der Waals surface area (Å²) in [5, 5.41) is 9.75. The molecule has 94 valence electrons. The van der Waals surface area contributed by atoms with E-state index in [1.165, 1.54) is 25.7 Å². The van der Waals surface area contributed by atoms with Crippen molar-refractivity contribution in [2.24, 2.45) is 5.92 Å². The van der Waals surface area contributed by atoms with Crippen LogP contribution in [0.1, 0.15) is 44.3 Å². The molecular weight excluding hydrogens is 212 g/mol. The molecule has 0 amide bonds. The number of nitrogens with zero attached hydrogens (tertiary/aromatic N) is 2. The second-order valence-corrected chi connectivity index (χ2v) is 5.12. The van der Waals surface area contributed by atoms with Gasteiger partial charge in [-0.05, 0) is 31.7 Å². The fourth-order valence-electron chi connectivity index (χ4n) is 2.72. The van der Waals surface area contributed by atoms with Gasteiger partial charge in [0, 0.05) is 25.4 Å². The lowest BCUT2D eigenvalue weighted by molar-refractivity contribution is 0.199. The Morgan fingerprint density at radius 1 is 1.47 bits per heavy atom. The molecule has 0 bridgehead atoms. The van der Waals surface area contributed by atoms with E-state index in [-0.39, 0.29) is 0 Å². The van der Waals surface area contributed by atoms with Gasteiger partial charge in [0.1, 0.15) is 5.82 Å². The van der Waals surface area contributed by atoms with Gasteiger partial charge in [-0.3, -0.25) is 0 Å². The van der Waals surface area contributed by atoms with Gasteiger partial charge in [0.2, 0.25) is 0 Å². The van der Waals surface area contributed by atoms with Crippen molar-refractivity contribution in [1.82, 2.24) is 4.98 Å². The minimum absolute atomic E-state index is 0.454. The Labute approximate surface area is 103 Å². The molecule has 2 rings (SSSR count). The first-order valence-corrected chi connectivity index (χ1v) is 6.52. The fourth-order valence-corrected chi connectivity index (χ4v) is 2.72. The van der Waals surface area contributed by atoms with Crippen LogP contribution in [0.4, 0.5) is 5.82 Å². The number of aliphatic hydroxyl groups excluding tert-OH is 1. The molecule has 1 atom stereocenters. The molecule has 0 unspecified atom stereocenters. The van der Waals surface area contributed by atoms with Gasteiger partial charge in [0.15, 0.2) is 0 Å². The summed E-state index contributed by atoms with van der Waals surface area (Å²) in [6.07, 6.45) is 6.74. The van der Waals surface area contributed by atoms with Gasteiger partial charge in [0.05, 0.1) is 6.10 Å². The zero-order valence-corrected chi connectivity index (χ0v) is 10.8. The monoisotopic (exact) mass is 234 g/mol. The molecule has 1 heterocycles. The first-order chi connectivity index (χ1) is 8.18. The van der Waals surface area contributed by atoms with Crippen molar-refractivity contribution in [2.75, 3.05) is 18.5 Å². The molecule has 1 aromatic heterocycles. The van der Waals surface area contributed by atoms with Crippen LogP contribution < -0.4 is 4.90 Å². The van der Waals surface area contributed by atoms with Gasteiger partial charge in [0.25, 0.3) is 0 Å². The summed E-state index contributed by atoms with van der Waals surface area (Å²) < 4.78 is 0. The van der Waals surface area contributed by atoms with Crippen LogP contribution in [0, 0.1) is 5.92 Å². The minimum Gasteiger partial charge on any atom is -0.389 e. The van der Waals surface area contributed by atoms with Crippen molar-refractivity contribution in [3.05, 3.63) is 23.9 Å². The van der Waals surface area contributed by atoms with Crippen molar-refractivity contribution < 1.29 is 5.11 Å². The van der Waals surface area contributed by atoms with Gasteiger partial charge in [-0.25, -0.2) is 4.98 Å². The highest BCUT2D eigenvalue weighted by molar-refractivity contribution is 5.47. The maximum atomic E-state index is 9.75. The predicted molar refractivity (Wildman–Crippen MR) is 70.1 cm³/mol. The molecule has 3 nitrogen and oxygen atoms in total. The average Bonchev–Trinajstić information content (AvgIpc) is 2.81. The summed E-state index contributed by atoms with van der Waals surface area (Å²) in [4.78, 5) is 6.60. The van der Waals surface area contributed by atoms with Crippen molar-refractivity contribution in [1.29, 1.82) is 0 Å². The normalized spacial score (nSPS) is 18.3. The van der Waals surface area contributed by atoms with Crippen LogP contribution >= 0.6 is 0 Å². The summed E-state index contributed by atoms with van der Waals surface area (Å²) >= 11 is 0. The van der Waals surface area contributed by atoms with Gasteiger partial charge in [-0.15, -0.1) is 0 Å².